The van der Waals surface area contributed by atoms with Crippen molar-refractivity contribution < 1.29 is 9.53 Å². The van der Waals surface area contributed by atoms with Crippen LogP contribution in [0.3, 0.4) is 0 Å². The van der Waals surface area contributed by atoms with Gasteiger partial charge >= 0.3 is 0 Å². The van der Waals surface area contributed by atoms with Crippen molar-refractivity contribution in [2.24, 2.45) is 5.73 Å². The van der Waals surface area contributed by atoms with E-state index >= 15 is 0 Å². The fourth-order valence-electron chi connectivity index (χ4n) is 2.33. The molecule has 1 fully saturated rings. The summed E-state index contributed by atoms with van der Waals surface area (Å²) in [5.74, 6) is 0.616. The highest BCUT2D eigenvalue weighted by atomic mass is 79.9. The molecule has 0 unspecified atom stereocenters. The Balaban J connectivity index is 2.03. The van der Waals surface area contributed by atoms with Crippen LogP contribution < -0.4 is 15.8 Å². The Morgan fingerprint density at radius 2 is 2.05 bits per heavy atom. The smallest absolute Gasteiger partial charge is 0.252 e. The maximum atomic E-state index is 12.3. The first-order valence-electron chi connectivity index (χ1n) is 6.50. The maximum Gasteiger partial charge on any atom is 0.252 e. The lowest BCUT2D eigenvalue weighted by Gasteiger charge is -2.27. The maximum absolute atomic E-state index is 12.3. The van der Waals surface area contributed by atoms with Crippen LogP contribution in [0.15, 0.2) is 22.7 Å². The second-order valence-corrected chi connectivity index (χ2v) is 5.79. The molecule has 0 spiro atoms. The molecular weight excluding hydrogens is 308 g/mol. The average Bonchev–Trinajstić information content (AvgIpc) is 2.42. The Kier molecular flexibility index (Phi) is 4.82. The predicted molar refractivity (Wildman–Crippen MR) is 78.4 cm³/mol. The molecular formula is C14H19BrN2O2. The van der Waals surface area contributed by atoms with E-state index in [0.717, 1.165) is 30.2 Å². The SMILES string of the molecule is COc1ccc(Br)c(C(=O)NC2CCC(N)CC2)c1. The molecule has 1 amide bonds. The van der Waals surface area contributed by atoms with Crippen molar-refractivity contribution in [1.29, 1.82) is 0 Å². The van der Waals surface area contributed by atoms with Gasteiger partial charge in [-0.15, -0.1) is 0 Å². The molecule has 4 nitrogen and oxygen atoms in total. The number of hydrogen-bond acceptors (Lipinski definition) is 3. The number of carbonyl (C=O) groups excluding carboxylic acids is 1. The Labute approximate surface area is 121 Å². The normalized spacial score (nSPS) is 22.9. The van der Waals surface area contributed by atoms with Crippen molar-refractivity contribution in [2.75, 3.05) is 7.11 Å². The lowest BCUT2D eigenvalue weighted by atomic mass is 9.91. The molecule has 2 rings (SSSR count). The van der Waals surface area contributed by atoms with Crippen LogP contribution in [0.1, 0.15) is 36.0 Å². The van der Waals surface area contributed by atoms with Gasteiger partial charge in [0, 0.05) is 16.6 Å². The molecule has 0 saturated heterocycles. The molecule has 0 bridgehead atoms. The number of rotatable bonds is 3. The molecule has 5 heteroatoms. The van der Waals surface area contributed by atoms with Crippen LogP contribution in [-0.2, 0) is 0 Å². The lowest BCUT2D eigenvalue weighted by molar-refractivity contribution is 0.0924. The number of benzene rings is 1. The van der Waals surface area contributed by atoms with Gasteiger partial charge in [-0.25, -0.2) is 0 Å². The van der Waals surface area contributed by atoms with Gasteiger partial charge in [0.2, 0.25) is 0 Å². The van der Waals surface area contributed by atoms with Gasteiger partial charge in [-0.05, 0) is 59.8 Å². The van der Waals surface area contributed by atoms with E-state index in [0.29, 0.717) is 11.3 Å². The molecule has 0 heterocycles. The minimum atomic E-state index is -0.0637. The molecule has 0 atom stereocenters. The van der Waals surface area contributed by atoms with Gasteiger partial charge in [0.1, 0.15) is 5.75 Å². The Hall–Kier alpha value is -1.07. The third-order valence-electron chi connectivity index (χ3n) is 3.53. The molecule has 1 aromatic rings. The zero-order valence-corrected chi connectivity index (χ0v) is 12.6. The third-order valence-corrected chi connectivity index (χ3v) is 4.22. The molecule has 0 aromatic heterocycles. The second kappa shape index (κ2) is 6.39. The summed E-state index contributed by atoms with van der Waals surface area (Å²) in [6.45, 7) is 0. The summed E-state index contributed by atoms with van der Waals surface area (Å²) in [5.41, 5.74) is 6.47. The third kappa shape index (κ3) is 3.70. The molecule has 1 aromatic carbocycles. The Morgan fingerprint density at radius 3 is 2.68 bits per heavy atom. The number of carbonyl (C=O) groups is 1. The van der Waals surface area contributed by atoms with E-state index in [2.05, 4.69) is 21.2 Å². The first-order chi connectivity index (χ1) is 9.10. The Bertz CT molecular complexity index is 457. The number of methoxy groups -OCH3 is 1. The molecule has 1 saturated carbocycles. The average molecular weight is 327 g/mol. The van der Waals surface area contributed by atoms with E-state index < -0.39 is 0 Å². The van der Waals surface area contributed by atoms with Gasteiger partial charge in [0.15, 0.2) is 0 Å². The summed E-state index contributed by atoms with van der Waals surface area (Å²) in [4.78, 5) is 12.3. The summed E-state index contributed by atoms with van der Waals surface area (Å²) in [7, 11) is 1.59. The van der Waals surface area contributed by atoms with Crippen molar-refractivity contribution in [2.45, 2.75) is 37.8 Å². The molecule has 104 valence electrons. The van der Waals surface area contributed by atoms with E-state index in [9.17, 15) is 4.79 Å². The van der Waals surface area contributed by atoms with E-state index in [1.165, 1.54) is 0 Å². The van der Waals surface area contributed by atoms with E-state index in [1.807, 2.05) is 12.1 Å². The van der Waals surface area contributed by atoms with Crippen molar-refractivity contribution in [3.05, 3.63) is 28.2 Å². The fraction of sp³-hybridized carbons (Fsp3) is 0.500. The molecule has 0 aliphatic heterocycles. The first-order valence-corrected chi connectivity index (χ1v) is 7.29. The number of nitrogens with one attached hydrogen (secondary N) is 1. The number of amides is 1. The Morgan fingerprint density at radius 1 is 1.37 bits per heavy atom. The highest BCUT2D eigenvalue weighted by molar-refractivity contribution is 9.10. The first kappa shape index (κ1) is 14.3. The molecule has 1 aliphatic rings. The van der Waals surface area contributed by atoms with Crippen LogP contribution in [0.4, 0.5) is 0 Å². The quantitative estimate of drug-likeness (QED) is 0.896. The number of nitrogens with two attached hydrogens (primary N) is 1. The van der Waals surface area contributed by atoms with Gasteiger partial charge < -0.3 is 15.8 Å². The highest BCUT2D eigenvalue weighted by Crippen LogP contribution is 2.23. The standard InChI is InChI=1S/C14H19BrN2O2/c1-19-11-6-7-13(15)12(8-11)14(18)17-10-4-2-9(16)3-5-10/h6-10H,2-5,16H2,1H3,(H,17,18). The van der Waals surface area contributed by atoms with Crippen LogP contribution in [0.2, 0.25) is 0 Å². The van der Waals surface area contributed by atoms with Crippen LogP contribution >= 0.6 is 15.9 Å². The minimum absolute atomic E-state index is 0.0637. The molecule has 19 heavy (non-hydrogen) atoms. The number of ether oxygens (including phenoxy) is 1. The van der Waals surface area contributed by atoms with Crippen molar-refractivity contribution in [1.82, 2.24) is 5.32 Å². The van der Waals surface area contributed by atoms with E-state index in [4.69, 9.17) is 10.5 Å². The van der Waals surface area contributed by atoms with Gasteiger partial charge in [-0.1, -0.05) is 0 Å². The van der Waals surface area contributed by atoms with Crippen molar-refractivity contribution >= 4 is 21.8 Å². The predicted octanol–water partition coefficient (Wildman–Crippen LogP) is 2.46. The van der Waals surface area contributed by atoms with Crippen molar-refractivity contribution in [3.63, 3.8) is 0 Å². The van der Waals surface area contributed by atoms with Crippen LogP contribution in [0.5, 0.6) is 5.75 Å². The number of hydrogen-bond donors (Lipinski definition) is 2. The monoisotopic (exact) mass is 326 g/mol. The van der Waals surface area contributed by atoms with Crippen LogP contribution in [-0.4, -0.2) is 25.1 Å². The lowest BCUT2D eigenvalue weighted by Crippen LogP contribution is -2.40. The van der Waals surface area contributed by atoms with Gasteiger partial charge in [0.25, 0.3) is 5.91 Å². The van der Waals surface area contributed by atoms with Crippen LogP contribution in [0.25, 0.3) is 0 Å². The molecule has 0 radical (unpaired) electrons. The van der Waals surface area contributed by atoms with Gasteiger partial charge in [-0.2, -0.15) is 0 Å². The summed E-state index contributed by atoms with van der Waals surface area (Å²) in [6.07, 6.45) is 3.86. The van der Waals surface area contributed by atoms with Crippen LogP contribution in [0, 0.1) is 0 Å². The topological polar surface area (TPSA) is 64.3 Å². The molecule has 3 N–H and O–H groups in total. The number of halogens is 1. The van der Waals surface area contributed by atoms with Gasteiger partial charge in [-0.3, -0.25) is 4.79 Å². The van der Waals surface area contributed by atoms with Gasteiger partial charge in [0.05, 0.1) is 12.7 Å². The summed E-state index contributed by atoms with van der Waals surface area (Å²) in [5, 5.41) is 3.07. The van der Waals surface area contributed by atoms with E-state index in [-0.39, 0.29) is 18.0 Å². The summed E-state index contributed by atoms with van der Waals surface area (Å²) < 4.78 is 5.92. The largest absolute Gasteiger partial charge is 0.497 e. The summed E-state index contributed by atoms with van der Waals surface area (Å²) >= 11 is 3.40. The van der Waals surface area contributed by atoms with E-state index in [1.54, 1.807) is 13.2 Å². The highest BCUT2D eigenvalue weighted by Gasteiger charge is 2.21. The fourth-order valence-corrected chi connectivity index (χ4v) is 2.76. The zero-order chi connectivity index (χ0) is 13.8. The minimum Gasteiger partial charge on any atom is -0.497 e. The van der Waals surface area contributed by atoms with Crippen molar-refractivity contribution in [3.8, 4) is 5.75 Å². The second-order valence-electron chi connectivity index (χ2n) is 4.93. The zero-order valence-electron chi connectivity index (χ0n) is 11.0. The summed E-state index contributed by atoms with van der Waals surface area (Å²) in [6, 6.07) is 5.90. The molecule has 1 aliphatic carbocycles.